The minimum Gasteiger partial charge on any atom is -0.494 e. The highest BCUT2D eigenvalue weighted by molar-refractivity contribution is 5.69. The highest BCUT2D eigenvalue weighted by Crippen LogP contribution is 2.36. The van der Waals surface area contributed by atoms with Crippen LogP contribution in [0.1, 0.15) is 18.1 Å². The van der Waals surface area contributed by atoms with Crippen molar-refractivity contribution >= 4 is 5.52 Å². The highest BCUT2D eigenvalue weighted by Gasteiger charge is 2.18. The summed E-state index contributed by atoms with van der Waals surface area (Å²) in [7, 11) is 1.71. The van der Waals surface area contributed by atoms with Crippen LogP contribution < -0.4 is 9.47 Å². The van der Waals surface area contributed by atoms with E-state index in [-0.39, 0.29) is 0 Å². The molecule has 0 aliphatic heterocycles. The van der Waals surface area contributed by atoms with Gasteiger partial charge < -0.3 is 9.47 Å². The molecule has 0 amide bonds. The molecule has 0 unspecified atom stereocenters. The molecule has 0 fully saturated rings. The Morgan fingerprint density at radius 1 is 1.00 bits per heavy atom. The molecule has 0 spiro atoms. The standard InChI is InChI=1S/C18H19NO2/c1-3-15-17(20-2)16-11-7-8-12-19(16)18(15)21-13-14-9-5-4-6-10-14/h4-12H,3,13H2,1-2H3. The molecule has 0 radical (unpaired) electrons. The van der Waals surface area contributed by atoms with Crippen molar-refractivity contribution in [2.45, 2.75) is 20.0 Å². The maximum absolute atomic E-state index is 6.09. The molecule has 0 bridgehead atoms. The molecule has 2 aromatic heterocycles. The van der Waals surface area contributed by atoms with E-state index in [4.69, 9.17) is 9.47 Å². The maximum Gasteiger partial charge on any atom is 0.205 e. The number of benzene rings is 1. The normalized spacial score (nSPS) is 10.8. The van der Waals surface area contributed by atoms with Gasteiger partial charge in [0.25, 0.3) is 0 Å². The second-order valence-corrected chi connectivity index (χ2v) is 4.90. The number of pyridine rings is 1. The third kappa shape index (κ3) is 2.47. The second kappa shape index (κ2) is 5.92. The van der Waals surface area contributed by atoms with Crippen molar-refractivity contribution in [3.63, 3.8) is 0 Å². The fourth-order valence-corrected chi connectivity index (χ4v) is 2.62. The van der Waals surface area contributed by atoms with Gasteiger partial charge in [0.05, 0.1) is 18.2 Å². The summed E-state index contributed by atoms with van der Waals surface area (Å²) < 4.78 is 13.7. The summed E-state index contributed by atoms with van der Waals surface area (Å²) in [6, 6.07) is 16.3. The minimum atomic E-state index is 0.554. The molecule has 0 aliphatic carbocycles. The van der Waals surface area contributed by atoms with Gasteiger partial charge in [-0.25, -0.2) is 0 Å². The van der Waals surface area contributed by atoms with Crippen LogP contribution in [0, 0.1) is 0 Å². The summed E-state index contributed by atoms with van der Waals surface area (Å²) in [5.41, 5.74) is 3.31. The van der Waals surface area contributed by atoms with Gasteiger partial charge in [-0.15, -0.1) is 0 Å². The molecule has 0 atom stereocenters. The Hall–Kier alpha value is -2.42. The number of aromatic nitrogens is 1. The molecule has 3 heteroatoms. The lowest BCUT2D eigenvalue weighted by Gasteiger charge is -2.08. The van der Waals surface area contributed by atoms with E-state index in [1.807, 2.05) is 42.6 Å². The van der Waals surface area contributed by atoms with Gasteiger partial charge in [0.15, 0.2) is 5.75 Å². The molecule has 0 aliphatic rings. The van der Waals surface area contributed by atoms with Gasteiger partial charge in [-0.3, -0.25) is 4.40 Å². The summed E-state index contributed by atoms with van der Waals surface area (Å²) in [4.78, 5) is 0. The van der Waals surface area contributed by atoms with Crippen LogP contribution >= 0.6 is 0 Å². The zero-order valence-electron chi connectivity index (χ0n) is 12.4. The van der Waals surface area contributed by atoms with Crippen molar-refractivity contribution < 1.29 is 9.47 Å². The molecular formula is C18H19NO2. The Morgan fingerprint density at radius 2 is 1.76 bits per heavy atom. The molecule has 21 heavy (non-hydrogen) atoms. The van der Waals surface area contributed by atoms with Crippen molar-refractivity contribution in [2.24, 2.45) is 0 Å². The smallest absolute Gasteiger partial charge is 0.205 e. The highest BCUT2D eigenvalue weighted by atomic mass is 16.5. The lowest BCUT2D eigenvalue weighted by atomic mass is 10.2. The molecule has 0 saturated carbocycles. The van der Waals surface area contributed by atoms with E-state index in [9.17, 15) is 0 Å². The van der Waals surface area contributed by atoms with Gasteiger partial charge in [0.2, 0.25) is 5.88 Å². The Balaban J connectivity index is 2.01. The number of ether oxygens (including phenoxy) is 2. The molecule has 0 saturated heterocycles. The lowest BCUT2D eigenvalue weighted by molar-refractivity contribution is 0.287. The largest absolute Gasteiger partial charge is 0.494 e. The Kier molecular flexibility index (Phi) is 3.82. The van der Waals surface area contributed by atoms with Gasteiger partial charge in [0, 0.05) is 6.20 Å². The van der Waals surface area contributed by atoms with E-state index in [2.05, 4.69) is 23.5 Å². The first kappa shape index (κ1) is 13.6. The Morgan fingerprint density at radius 3 is 2.48 bits per heavy atom. The van der Waals surface area contributed by atoms with Crippen LogP contribution in [0.4, 0.5) is 0 Å². The summed E-state index contributed by atoms with van der Waals surface area (Å²) in [5.74, 6) is 1.77. The van der Waals surface area contributed by atoms with E-state index in [0.717, 1.165) is 34.7 Å². The first-order valence-electron chi connectivity index (χ1n) is 7.17. The molecule has 2 heterocycles. The first-order chi connectivity index (χ1) is 10.3. The van der Waals surface area contributed by atoms with Crippen molar-refractivity contribution in [3.8, 4) is 11.6 Å². The van der Waals surface area contributed by atoms with Crippen molar-refractivity contribution in [1.29, 1.82) is 0 Å². The number of nitrogens with zero attached hydrogens (tertiary/aromatic N) is 1. The lowest BCUT2D eigenvalue weighted by Crippen LogP contribution is -2.00. The molecule has 0 N–H and O–H groups in total. The van der Waals surface area contributed by atoms with Crippen LogP contribution in [0.5, 0.6) is 11.6 Å². The number of methoxy groups -OCH3 is 1. The fourth-order valence-electron chi connectivity index (χ4n) is 2.62. The molecule has 3 aromatic rings. The van der Waals surface area contributed by atoms with Gasteiger partial charge in [-0.2, -0.15) is 0 Å². The van der Waals surface area contributed by atoms with E-state index in [1.54, 1.807) is 7.11 Å². The maximum atomic E-state index is 6.09. The SMILES string of the molecule is CCc1c(OC)c2ccccn2c1OCc1ccccc1. The quantitative estimate of drug-likeness (QED) is 0.703. The topological polar surface area (TPSA) is 22.9 Å². The van der Waals surface area contributed by atoms with E-state index in [0.29, 0.717) is 6.61 Å². The third-order valence-electron chi connectivity index (χ3n) is 3.62. The van der Waals surface area contributed by atoms with Crippen molar-refractivity contribution in [2.75, 3.05) is 7.11 Å². The van der Waals surface area contributed by atoms with Crippen LogP contribution in [0.25, 0.3) is 5.52 Å². The first-order valence-corrected chi connectivity index (χ1v) is 7.17. The minimum absolute atomic E-state index is 0.554. The van der Waals surface area contributed by atoms with E-state index in [1.165, 1.54) is 0 Å². The van der Waals surface area contributed by atoms with Gasteiger partial charge in [-0.1, -0.05) is 43.3 Å². The van der Waals surface area contributed by atoms with Gasteiger partial charge in [0.1, 0.15) is 6.61 Å². The summed E-state index contributed by atoms with van der Waals surface area (Å²) in [6.45, 7) is 2.67. The zero-order valence-corrected chi connectivity index (χ0v) is 12.4. The zero-order chi connectivity index (χ0) is 14.7. The second-order valence-electron chi connectivity index (χ2n) is 4.90. The molecule has 3 rings (SSSR count). The summed E-state index contributed by atoms with van der Waals surface area (Å²) in [5, 5.41) is 0. The summed E-state index contributed by atoms with van der Waals surface area (Å²) >= 11 is 0. The van der Waals surface area contributed by atoms with E-state index < -0.39 is 0 Å². The van der Waals surface area contributed by atoms with Crippen LogP contribution in [0.3, 0.4) is 0 Å². The number of fused-ring (bicyclic) bond motifs is 1. The van der Waals surface area contributed by atoms with Gasteiger partial charge >= 0.3 is 0 Å². The average molecular weight is 281 g/mol. The molecular weight excluding hydrogens is 262 g/mol. The number of hydrogen-bond acceptors (Lipinski definition) is 2. The number of hydrogen-bond donors (Lipinski definition) is 0. The van der Waals surface area contributed by atoms with Crippen molar-refractivity contribution in [1.82, 2.24) is 4.40 Å². The predicted octanol–water partition coefficient (Wildman–Crippen LogP) is 4.09. The Labute approximate surface area is 124 Å². The summed E-state index contributed by atoms with van der Waals surface area (Å²) in [6.07, 6.45) is 2.88. The van der Waals surface area contributed by atoms with E-state index >= 15 is 0 Å². The fraction of sp³-hybridized carbons (Fsp3) is 0.222. The molecule has 108 valence electrons. The van der Waals surface area contributed by atoms with Gasteiger partial charge in [-0.05, 0) is 24.1 Å². The average Bonchev–Trinajstić information content (AvgIpc) is 2.86. The predicted molar refractivity (Wildman–Crippen MR) is 84.1 cm³/mol. The monoisotopic (exact) mass is 281 g/mol. The van der Waals surface area contributed by atoms with Crippen LogP contribution in [-0.4, -0.2) is 11.5 Å². The van der Waals surface area contributed by atoms with Crippen molar-refractivity contribution in [3.05, 3.63) is 65.9 Å². The Bertz CT molecular complexity index is 732. The van der Waals surface area contributed by atoms with Crippen LogP contribution in [0.2, 0.25) is 0 Å². The van der Waals surface area contributed by atoms with Crippen LogP contribution in [-0.2, 0) is 13.0 Å². The van der Waals surface area contributed by atoms with Crippen LogP contribution in [0.15, 0.2) is 54.7 Å². The molecule has 3 nitrogen and oxygen atoms in total. The number of rotatable bonds is 5. The molecule has 1 aromatic carbocycles. The third-order valence-corrected chi connectivity index (χ3v) is 3.62.